The Balaban J connectivity index is 2.28. The number of hydrogen-bond donors (Lipinski definition) is 2. The highest BCUT2D eigenvalue weighted by Gasteiger charge is 2.35. The summed E-state index contributed by atoms with van der Waals surface area (Å²) in [5.41, 5.74) is 5.76. The van der Waals surface area contributed by atoms with E-state index in [1.54, 1.807) is 0 Å². The number of aliphatic hydroxyl groups excluding tert-OH is 1. The van der Waals surface area contributed by atoms with Gasteiger partial charge in [0.05, 0.1) is 5.92 Å². The second-order valence-electron chi connectivity index (χ2n) is 4.90. The lowest BCUT2D eigenvalue weighted by Gasteiger charge is -2.24. The molecule has 2 aromatic rings. The van der Waals surface area contributed by atoms with Crippen molar-refractivity contribution in [3.8, 4) is 11.8 Å². The zero-order valence-electron chi connectivity index (χ0n) is 11.7. The lowest BCUT2D eigenvalue weighted by molar-refractivity contribution is 0.231. The van der Waals surface area contributed by atoms with Gasteiger partial charge in [-0.25, -0.2) is 4.39 Å². The Labute approximate surface area is 129 Å². The van der Waals surface area contributed by atoms with Crippen LogP contribution in [-0.4, -0.2) is 5.11 Å². The van der Waals surface area contributed by atoms with Crippen molar-refractivity contribution in [1.82, 2.24) is 0 Å². The summed E-state index contributed by atoms with van der Waals surface area (Å²) >= 11 is 0. The summed E-state index contributed by atoms with van der Waals surface area (Å²) in [6.07, 6.45) is 0. The Kier molecular flexibility index (Phi) is 3.60. The van der Waals surface area contributed by atoms with Gasteiger partial charge in [0, 0.05) is 6.07 Å². The van der Waals surface area contributed by atoms with Gasteiger partial charge in [-0.1, -0.05) is 12.1 Å². The third-order valence-electron chi connectivity index (χ3n) is 3.49. The summed E-state index contributed by atoms with van der Waals surface area (Å²) in [4.78, 5) is 12.1. The molecule has 0 fully saturated rings. The van der Waals surface area contributed by atoms with Gasteiger partial charge in [0.15, 0.2) is 5.76 Å². The van der Waals surface area contributed by atoms with Crippen LogP contribution in [0.25, 0.3) is 0 Å². The largest absolute Gasteiger partial charge is 0.458 e. The number of fused-ring (bicyclic) bond motifs is 1. The Morgan fingerprint density at radius 1 is 1.35 bits per heavy atom. The van der Waals surface area contributed by atoms with E-state index in [9.17, 15) is 19.6 Å². The van der Waals surface area contributed by atoms with Gasteiger partial charge in [0.1, 0.15) is 29.8 Å². The SMILES string of the molecule is N#CC1=C(N)Oc2c(oc(CO)cc2=O)[C@@H]1c1ccc(F)cc1. The van der Waals surface area contributed by atoms with E-state index in [1.807, 2.05) is 6.07 Å². The summed E-state index contributed by atoms with van der Waals surface area (Å²) in [6.45, 7) is -0.486. The first kappa shape index (κ1) is 14.8. The molecule has 1 aromatic heterocycles. The first-order valence-electron chi connectivity index (χ1n) is 6.66. The number of nitriles is 1. The summed E-state index contributed by atoms with van der Waals surface area (Å²) in [7, 11) is 0. The highest BCUT2D eigenvalue weighted by atomic mass is 19.1. The van der Waals surface area contributed by atoms with E-state index in [-0.39, 0.29) is 28.7 Å². The second-order valence-corrected chi connectivity index (χ2v) is 4.90. The first-order valence-corrected chi connectivity index (χ1v) is 6.66. The first-order chi connectivity index (χ1) is 11.0. The molecule has 0 saturated heterocycles. The number of ether oxygens (including phenoxy) is 1. The topological polar surface area (TPSA) is 109 Å². The van der Waals surface area contributed by atoms with Gasteiger partial charge in [-0.15, -0.1) is 0 Å². The molecule has 1 aliphatic heterocycles. The van der Waals surface area contributed by atoms with Crippen LogP contribution in [0.4, 0.5) is 4.39 Å². The molecule has 0 unspecified atom stereocenters. The fraction of sp³-hybridized carbons (Fsp3) is 0.125. The van der Waals surface area contributed by atoms with Crippen LogP contribution in [0, 0.1) is 17.1 Å². The van der Waals surface area contributed by atoms with E-state index in [0.717, 1.165) is 6.07 Å². The number of hydrogen-bond acceptors (Lipinski definition) is 6. The Morgan fingerprint density at radius 2 is 2.04 bits per heavy atom. The molecule has 0 bridgehead atoms. The van der Waals surface area contributed by atoms with Crippen LogP contribution in [0.3, 0.4) is 0 Å². The van der Waals surface area contributed by atoms with E-state index in [1.165, 1.54) is 24.3 Å². The van der Waals surface area contributed by atoms with Crippen molar-refractivity contribution in [3.05, 3.63) is 74.9 Å². The normalized spacial score (nSPS) is 16.5. The third kappa shape index (κ3) is 2.45. The summed E-state index contributed by atoms with van der Waals surface area (Å²) < 4.78 is 23.9. The standard InChI is InChI=1S/C16H11FN2O4/c17-9-3-1-8(2-4-9)13-11(6-18)16(19)23-14-12(21)5-10(7-20)22-15(13)14/h1-5,13,20H,7,19H2/t13-/m1/s1. The molecule has 1 aliphatic rings. The smallest absolute Gasteiger partial charge is 0.228 e. The number of rotatable bonds is 2. The van der Waals surface area contributed by atoms with Gasteiger partial charge in [-0.05, 0) is 17.7 Å². The molecule has 116 valence electrons. The molecule has 1 atom stereocenters. The maximum Gasteiger partial charge on any atom is 0.228 e. The van der Waals surface area contributed by atoms with Crippen LogP contribution in [0.1, 0.15) is 23.0 Å². The monoisotopic (exact) mass is 314 g/mol. The van der Waals surface area contributed by atoms with Crippen molar-refractivity contribution in [3.63, 3.8) is 0 Å². The lowest BCUT2D eigenvalue weighted by Crippen LogP contribution is -2.25. The third-order valence-corrected chi connectivity index (χ3v) is 3.49. The van der Waals surface area contributed by atoms with Crippen LogP contribution in [0.5, 0.6) is 5.75 Å². The van der Waals surface area contributed by atoms with E-state index in [2.05, 4.69) is 0 Å². The van der Waals surface area contributed by atoms with Crippen LogP contribution < -0.4 is 15.9 Å². The number of allylic oxidation sites excluding steroid dienone is 1. The summed E-state index contributed by atoms with van der Waals surface area (Å²) in [6, 6.07) is 8.39. The van der Waals surface area contributed by atoms with E-state index in [0.29, 0.717) is 5.56 Å². The van der Waals surface area contributed by atoms with Crippen LogP contribution in [-0.2, 0) is 6.61 Å². The fourth-order valence-corrected chi connectivity index (χ4v) is 2.45. The van der Waals surface area contributed by atoms with E-state index >= 15 is 0 Å². The average molecular weight is 314 g/mol. The lowest BCUT2D eigenvalue weighted by atomic mass is 9.87. The molecule has 6 nitrogen and oxygen atoms in total. The molecule has 2 heterocycles. The van der Waals surface area contributed by atoms with Crippen LogP contribution in [0.2, 0.25) is 0 Å². The highest BCUT2D eigenvalue weighted by molar-refractivity contribution is 5.51. The van der Waals surface area contributed by atoms with Gasteiger partial charge < -0.3 is 20.0 Å². The van der Waals surface area contributed by atoms with Crippen molar-refractivity contribution < 1.29 is 18.7 Å². The second kappa shape index (κ2) is 5.59. The Morgan fingerprint density at radius 3 is 2.65 bits per heavy atom. The number of nitrogens with zero attached hydrogens (tertiary/aromatic N) is 1. The highest BCUT2D eigenvalue weighted by Crippen LogP contribution is 2.40. The zero-order chi connectivity index (χ0) is 16.6. The molecule has 7 heteroatoms. The predicted octanol–water partition coefficient (Wildman–Crippen LogP) is 1.49. The number of nitrogens with two attached hydrogens (primary N) is 1. The molecule has 0 spiro atoms. The summed E-state index contributed by atoms with van der Waals surface area (Å²) in [5, 5.41) is 18.6. The van der Waals surface area contributed by atoms with E-state index in [4.69, 9.17) is 14.9 Å². The molecular formula is C16H11FN2O4. The molecule has 0 aliphatic carbocycles. The van der Waals surface area contributed by atoms with Crippen molar-refractivity contribution >= 4 is 0 Å². The van der Waals surface area contributed by atoms with Crippen LogP contribution in [0.15, 0.2) is 51.0 Å². The van der Waals surface area contributed by atoms with Crippen molar-refractivity contribution in [2.45, 2.75) is 12.5 Å². The van der Waals surface area contributed by atoms with Gasteiger partial charge >= 0.3 is 0 Å². The Hall–Kier alpha value is -3.11. The quantitative estimate of drug-likeness (QED) is 0.869. The maximum absolute atomic E-state index is 13.2. The average Bonchev–Trinajstić information content (AvgIpc) is 2.55. The van der Waals surface area contributed by atoms with Gasteiger partial charge in [0.2, 0.25) is 17.1 Å². The molecule has 23 heavy (non-hydrogen) atoms. The van der Waals surface area contributed by atoms with Crippen LogP contribution >= 0.6 is 0 Å². The zero-order valence-corrected chi connectivity index (χ0v) is 11.7. The molecule has 0 saturated carbocycles. The van der Waals surface area contributed by atoms with Gasteiger partial charge in [-0.2, -0.15) is 5.26 Å². The van der Waals surface area contributed by atoms with Crippen molar-refractivity contribution in [1.29, 1.82) is 5.26 Å². The summed E-state index contributed by atoms with van der Waals surface area (Å²) in [5.74, 6) is -1.53. The number of halogens is 1. The minimum Gasteiger partial charge on any atom is -0.458 e. The molecule has 1 aromatic carbocycles. The molecular weight excluding hydrogens is 303 g/mol. The van der Waals surface area contributed by atoms with E-state index < -0.39 is 23.8 Å². The van der Waals surface area contributed by atoms with Gasteiger partial charge in [-0.3, -0.25) is 4.79 Å². The van der Waals surface area contributed by atoms with Crippen molar-refractivity contribution in [2.75, 3.05) is 0 Å². The number of aliphatic hydroxyl groups is 1. The fourth-order valence-electron chi connectivity index (χ4n) is 2.45. The molecule has 3 rings (SSSR count). The Bertz CT molecular complexity index is 894. The molecule has 0 radical (unpaired) electrons. The van der Waals surface area contributed by atoms with Crippen molar-refractivity contribution in [2.24, 2.45) is 5.73 Å². The predicted molar refractivity (Wildman–Crippen MR) is 76.6 cm³/mol. The minimum atomic E-state index is -0.816. The minimum absolute atomic E-state index is 0.0298. The van der Waals surface area contributed by atoms with Gasteiger partial charge in [0.25, 0.3) is 0 Å². The maximum atomic E-state index is 13.2. The number of benzene rings is 1. The molecule has 0 amide bonds. The molecule has 3 N–H and O–H groups in total.